The lowest BCUT2D eigenvalue weighted by atomic mass is 9.95. The molecule has 5 heteroatoms. The van der Waals surface area contributed by atoms with E-state index in [2.05, 4.69) is 126 Å². The molecule has 228 valence electrons. The van der Waals surface area contributed by atoms with Crippen molar-refractivity contribution in [3.8, 4) is 39.9 Å². The smallest absolute Gasteiger partial charge is 0.166 e. The quantitative estimate of drug-likeness (QED) is 0.183. The zero-order valence-corrected chi connectivity index (χ0v) is 26.3. The number of para-hydroxylation sites is 2. The van der Waals surface area contributed by atoms with E-state index in [-0.39, 0.29) is 0 Å². The van der Waals surface area contributed by atoms with Gasteiger partial charge in [-0.1, -0.05) is 121 Å². The number of benzene rings is 7. The van der Waals surface area contributed by atoms with Gasteiger partial charge in [-0.2, -0.15) is 0 Å². The Hall–Kier alpha value is -6.72. The standard InChI is InChI=1S/C44H27N5/c1-2-13-29(14-3-1)42-46-43(30-15-10-16-31(26-30)49-39-21-8-6-18-34(39)35-19-7-9-22-40(35)49)48-44(47-42)38-27-37-32-17-5-4-12-28(32)23-24-33(37)36-20-11-25-45-41(36)38/h1-27H. The summed E-state index contributed by atoms with van der Waals surface area (Å²) < 4.78 is 2.32. The third-order valence-corrected chi connectivity index (χ3v) is 9.46. The lowest BCUT2D eigenvalue weighted by molar-refractivity contribution is 1.07. The first-order valence-electron chi connectivity index (χ1n) is 16.4. The average molecular weight is 626 g/mol. The summed E-state index contributed by atoms with van der Waals surface area (Å²) in [6.07, 6.45) is 1.84. The zero-order valence-electron chi connectivity index (χ0n) is 26.3. The number of fused-ring (bicyclic) bond motifs is 8. The Labute approximate surface area is 281 Å². The van der Waals surface area contributed by atoms with Crippen LogP contribution in [-0.4, -0.2) is 24.5 Å². The van der Waals surface area contributed by atoms with E-state index in [1.807, 2.05) is 42.6 Å². The Balaban J connectivity index is 1.23. The van der Waals surface area contributed by atoms with Gasteiger partial charge in [0.1, 0.15) is 0 Å². The number of rotatable bonds is 4. The highest BCUT2D eigenvalue weighted by atomic mass is 15.0. The summed E-state index contributed by atoms with van der Waals surface area (Å²) in [6.45, 7) is 0. The van der Waals surface area contributed by atoms with E-state index in [0.29, 0.717) is 17.5 Å². The third kappa shape index (κ3) is 4.40. The van der Waals surface area contributed by atoms with Crippen LogP contribution in [0.15, 0.2) is 164 Å². The van der Waals surface area contributed by atoms with Crippen LogP contribution in [0.25, 0.3) is 94.1 Å². The summed E-state index contributed by atoms with van der Waals surface area (Å²) in [5.74, 6) is 1.81. The van der Waals surface area contributed by atoms with Crippen LogP contribution in [0.2, 0.25) is 0 Å². The number of pyridine rings is 1. The molecule has 0 N–H and O–H groups in total. The van der Waals surface area contributed by atoms with Crippen molar-refractivity contribution in [3.05, 3.63) is 164 Å². The highest BCUT2D eigenvalue weighted by Gasteiger charge is 2.18. The molecule has 0 saturated heterocycles. The van der Waals surface area contributed by atoms with Gasteiger partial charge in [-0.25, -0.2) is 15.0 Å². The number of nitrogens with zero attached hydrogens (tertiary/aromatic N) is 5. The van der Waals surface area contributed by atoms with Gasteiger partial charge in [0.15, 0.2) is 17.5 Å². The van der Waals surface area contributed by atoms with E-state index in [4.69, 9.17) is 19.9 Å². The molecule has 0 aliphatic heterocycles. The number of hydrogen-bond acceptors (Lipinski definition) is 4. The highest BCUT2D eigenvalue weighted by Crippen LogP contribution is 2.38. The molecule has 5 nitrogen and oxygen atoms in total. The Morgan fingerprint density at radius 1 is 0.388 bits per heavy atom. The summed E-state index contributed by atoms with van der Waals surface area (Å²) in [5, 5.41) is 8.18. The molecule has 3 heterocycles. The second kappa shape index (κ2) is 10.9. The predicted octanol–water partition coefficient (Wildman–Crippen LogP) is 10.8. The van der Waals surface area contributed by atoms with E-state index >= 15 is 0 Å². The van der Waals surface area contributed by atoms with Crippen LogP contribution in [0.1, 0.15) is 0 Å². The van der Waals surface area contributed by atoms with E-state index < -0.39 is 0 Å². The van der Waals surface area contributed by atoms with Crippen LogP contribution in [0.3, 0.4) is 0 Å². The van der Waals surface area contributed by atoms with Gasteiger partial charge in [0, 0.05) is 44.7 Å². The minimum atomic E-state index is 0.588. The number of aromatic nitrogens is 5. The van der Waals surface area contributed by atoms with Crippen LogP contribution in [-0.2, 0) is 0 Å². The van der Waals surface area contributed by atoms with E-state index in [0.717, 1.165) is 55.1 Å². The number of hydrogen-bond donors (Lipinski definition) is 0. The minimum absolute atomic E-state index is 0.588. The third-order valence-electron chi connectivity index (χ3n) is 9.46. The van der Waals surface area contributed by atoms with Crippen LogP contribution in [0.4, 0.5) is 0 Å². The molecule has 10 aromatic rings. The lowest BCUT2D eigenvalue weighted by Crippen LogP contribution is -2.02. The molecule has 0 spiro atoms. The van der Waals surface area contributed by atoms with Crippen LogP contribution < -0.4 is 0 Å². The molecular formula is C44H27N5. The Morgan fingerprint density at radius 2 is 1.02 bits per heavy atom. The summed E-state index contributed by atoms with van der Waals surface area (Å²) >= 11 is 0. The molecule has 0 saturated carbocycles. The fourth-order valence-corrected chi connectivity index (χ4v) is 7.23. The van der Waals surface area contributed by atoms with Crippen molar-refractivity contribution in [2.24, 2.45) is 0 Å². The topological polar surface area (TPSA) is 56.5 Å². The van der Waals surface area contributed by atoms with Crippen molar-refractivity contribution in [1.29, 1.82) is 0 Å². The molecular weight excluding hydrogens is 599 g/mol. The monoisotopic (exact) mass is 625 g/mol. The molecule has 0 fully saturated rings. The molecule has 0 bridgehead atoms. The SMILES string of the molecule is c1ccc(-c2nc(-c3cccc(-n4c5ccccc5c5ccccc54)c3)nc(-c3cc4c5ccccc5ccc4c4cccnc34)n2)cc1. The van der Waals surface area contributed by atoms with Crippen molar-refractivity contribution in [2.75, 3.05) is 0 Å². The van der Waals surface area contributed by atoms with Crippen molar-refractivity contribution in [3.63, 3.8) is 0 Å². The Bertz CT molecular complexity index is 2840. The van der Waals surface area contributed by atoms with Gasteiger partial charge in [0.2, 0.25) is 0 Å². The normalized spacial score (nSPS) is 11.7. The van der Waals surface area contributed by atoms with Crippen LogP contribution in [0.5, 0.6) is 0 Å². The molecule has 0 aliphatic rings. The maximum absolute atomic E-state index is 5.21. The second-order valence-corrected chi connectivity index (χ2v) is 12.3. The molecule has 10 rings (SSSR count). The van der Waals surface area contributed by atoms with Gasteiger partial charge in [-0.3, -0.25) is 4.98 Å². The molecule has 0 atom stereocenters. The summed E-state index contributed by atoms with van der Waals surface area (Å²) in [7, 11) is 0. The molecule has 0 aliphatic carbocycles. The van der Waals surface area contributed by atoms with E-state index in [1.54, 1.807) is 0 Å². The average Bonchev–Trinajstić information content (AvgIpc) is 3.52. The summed E-state index contributed by atoms with van der Waals surface area (Å²) in [6, 6.07) is 54.9. The first kappa shape index (κ1) is 27.4. The second-order valence-electron chi connectivity index (χ2n) is 12.3. The van der Waals surface area contributed by atoms with E-state index in [9.17, 15) is 0 Å². The first-order chi connectivity index (χ1) is 24.3. The predicted molar refractivity (Wildman–Crippen MR) is 201 cm³/mol. The summed E-state index contributed by atoms with van der Waals surface area (Å²) in [4.78, 5) is 20.3. The van der Waals surface area contributed by atoms with Gasteiger partial charge in [-0.15, -0.1) is 0 Å². The van der Waals surface area contributed by atoms with Crippen LogP contribution >= 0.6 is 0 Å². The van der Waals surface area contributed by atoms with Gasteiger partial charge in [-0.05, 0) is 57.9 Å². The van der Waals surface area contributed by atoms with Gasteiger partial charge < -0.3 is 4.57 Å². The molecule has 49 heavy (non-hydrogen) atoms. The van der Waals surface area contributed by atoms with Gasteiger partial charge >= 0.3 is 0 Å². The lowest BCUT2D eigenvalue weighted by Gasteiger charge is -2.14. The maximum Gasteiger partial charge on any atom is 0.166 e. The van der Waals surface area contributed by atoms with Gasteiger partial charge in [0.05, 0.1) is 16.6 Å². The Kier molecular flexibility index (Phi) is 6.11. The fourth-order valence-electron chi connectivity index (χ4n) is 7.23. The van der Waals surface area contributed by atoms with Crippen molar-refractivity contribution in [2.45, 2.75) is 0 Å². The fraction of sp³-hybridized carbons (Fsp3) is 0. The largest absolute Gasteiger partial charge is 0.309 e. The first-order valence-corrected chi connectivity index (χ1v) is 16.4. The van der Waals surface area contributed by atoms with Gasteiger partial charge in [0.25, 0.3) is 0 Å². The molecule has 7 aromatic carbocycles. The molecule has 0 radical (unpaired) electrons. The minimum Gasteiger partial charge on any atom is -0.309 e. The zero-order chi connectivity index (χ0) is 32.3. The molecule has 0 unspecified atom stereocenters. The summed E-state index contributed by atoms with van der Waals surface area (Å²) in [5.41, 5.74) is 6.92. The van der Waals surface area contributed by atoms with E-state index in [1.165, 1.54) is 21.5 Å². The Morgan fingerprint density at radius 3 is 1.82 bits per heavy atom. The molecule has 0 amide bonds. The van der Waals surface area contributed by atoms with Crippen molar-refractivity contribution < 1.29 is 0 Å². The highest BCUT2D eigenvalue weighted by molar-refractivity contribution is 6.19. The van der Waals surface area contributed by atoms with Crippen molar-refractivity contribution in [1.82, 2.24) is 24.5 Å². The maximum atomic E-state index is 5.21. The molecule has 3 aromatic heterocycles. The van der Waals surface area contributed by atoms with Crippen LogP contribution in [0, 0.1) is 0 Å². The van der Waals surface area contributed by atoms with Crippen molar-refractivity contribution >= 4 is 54.3 Å².